The Morgan fingerprint density at radius 3 is 2.38 bits per heavy atom. The summed E-state index contributed by atoms with van der Waals surface area (Å²) in [5.41, 5.74) is 3.30. The number of Topliss-reactive ketones (excluding diaryl/α,β-unsaturated/α-hetero) is 1. The van der Waals surface area contributed by atoms with Crippen molar-refractivity contribution in [1.29, 1.82) is 0 Å². The van der Waals surface area contributed by atoms with E-state index in [9.17, 15) is 18.3 Å². The summed E-state index contributed by atoms with van der Waals surface area (Å²) in [6.07, 6.45) is 1.96. The number of aliphatic hydroxyl groups excluding tert-OH is 1. The molecule has 1 saturated carbocycles. The van der Waals surface area contributed by atoms with Crippen molar-refractivity contribution in [1.82, 2.24) is 4.72 Å². The van der Waals surface area contributed by atoms with Crippen molar-refractivity contribution >= 4 is 15.8 Å². The molecule has 2 aliphatic rings. The summed E-state index contributed by atoms with van der Waals surface area (Å²) in [6, 6.07) is 18.4. The molecule has 194 valence electrons. The van der Waals surface area contributed by atoms with Crippen LogP contribution in [0.2, 0.25) is 0 Å². The first-order valence-electron chi connectivity index (χ1n) is 12.3. The number of rotatable bonds is 9. The van der Waals surface area contributed by atoms with Gasteiger partial charge in [0.15, 0.2) is 11.5 Å². The molecule has 2 N–H and O–H groups in total. The van der Waals surface area contributed by atoms with Gasteiger partial charge in [-0.25, -0.2) is 13.1 Å². The van der Waals surface area contributed by atoms with Crippen molar-refractivity contribution in [3.05, 3.63) is 77.4 Å². The Hall–Kier alpha value is -3.20. The average molecular weight is 522 g/mol. The highest BCUT2D eigenvalue weighted by atomic mass is 32.2. The van der Waals surface area contributed by atoms with Crippen LogP contribution in [0.3, 0.4) is 0 Å². The first kappa shape index (κ1) is 25.4. The lowest BCUT2D eigenvalue weighted by molar-refractivity contribution is -0.120. The molecule has 3 aromatic rings. The molecule has 0 bridgehead atoms. The van der Waals surface area contributed by atoms with E-state index >= 15 is 0 Å². The highest BCUT2D eigenvalue weighted by Crippen LogP contribution is 2.51. The van der Waals surface area contributed by atoms with E-state index in [2.05, 4.69) is 4.72 Å². The molecule has 0 atom stereocenters. The second kappa shape index (κ2) is 9.28. The molecule has 0 spiro atoms. The highest BCUT2D eigenvalue weighted by molar-refractivity contribution is 7.89. The number of sulfonamides is 1. The van der Waals surface area contributed by atoms with Gasteiger partial charge in [-0.2, -0.15) is 0 Å². The van der Waals surface area contributed by atoms with Crippen LogP contribution >= 0.6 is 0 Å². The maximum Gasteiger partial charge on any atom is 0.241 e. The van der Waals surface area contributed by atoms with Gasteiger partial charge in [0, 0.05) is 6.42 Å². The van der Waals surface area contributed by atoms with Gasteiger partial charge in [-0.05, 0) is 85.7 Å². The van der Waals surface area contributed by atoms with Crippen molar-refractivity contribution in [2.45, 2.75) is 55.9 Å². The lowest BCUT2D eigenvalue weighted by atomic mass is 9.87. The Bertz CT molecular complexity index is 1460. The number of ether oxygens (including phenoxy) is 2. The molecule has 7 nitrogen and oxygen atoms in total. The van der Waals surface area contributed by atoms with Crippen LogP contribution in [-0.2, 0) is 26.7 Å². The summed E-state index contributed by atoms with van der Waals surface area (Å²) >= 11 is 0. The van der Waals surface area contributed by atoms with Gasteiger partial charge < -0.3 is 14.6 Å². The number of benzene rings is 3. The van der Waals surface area contributed by atoms with Crippen molar-refractivity contribution in [3.63, 3.8) is 0 Å². The Morgan fingerprint density at radius 1 is 1.00 bits per heavy atom. The fraction of sp³-hybridized carbons (Fsp3) is 0.345. The third-order valence-electron chi connectivity index (χ3n) is 7.16. The highest BCUT2D eigenvalue weighted by Gasteiger charge is 2.50. The molecule has 0 amide bonds. The average Bonchev–Trinajstić information content (AvgIpc) is 3.55. The monoisotopic (exact) mass is 521 g/mol. The van der Waals surface area contributed by atoms with Crippen molar-refractivity contribution < 1.29 is 27.8 Å². The van der Waals surface area contributed by atoms with Crippen LogP contribution < -0.4 is 14.2 Å². The number of carbonyl (C=O) groups excluding carboxylic acids is 1. The third-order valence-corrected chi connectivity index (χ3v) is 8.87. The van der Waals surface area contributed by atoms with Gasteiger partial charge in [0.1, 0.15) is 5.78 Å². The Labute approximate surface area is 217 Å². The Kier molecular flexibility index (Phi) is 6.38. The van der Waals surface area contributed by atoms with E-state index in [1.165, 1.54) is 0 Å². The summed E-state index contributed by atoms with van der Waals surface area (Å²) in [5.74, 6) is 1.58. The third kappa shape index (κ3) is 5.01. The normalized spacial score (nSPS) is 16.0. The number of ketones is 1. The molecular formula is C29H31NO6S. The number of hydrogen-bond donors (Lipinski definition) is 2. The van der Waals surface area contributed by atoms with Crippen LogP contribution in [0.25, 0.3) is 11.1 Å². The number of nitrogens with one attached hydrogen (secondary N) is 1. The fourth-order valence-corrected chi connectivity index (χ4v) is 6.17. The van der Waals surface area contributed by atoms with E-state index < -0.39 is 21.0 Å². The Balaban J connectivity index is 1.35. The second-order valence-electron chi connectivity index (χ2n) is 10.6. The molecule has 1 aliphatic carbocycles. The predicted molar refractivity (Wildman–Crippen MR) is 140 cm³/mol. The van der Waals surface area contributed by atoms with Gasteiger partial charge in [-0.1, -0.05) is 36.4 Å². The van der Waals surface area contributed by atoms with Crippen LogP contribution in [0.1, 0.15) is 43.4 Å². The maximum atomic E-state index is 13.5. The van der Waals surface area contributed by atoms with Gasteiger partial charge in [-0.15, -0.1) is 0 Å². The fourth-order valence-electron chi connectivity index (χ4n) is 4.76. The molecule has 8 heteroatoms. The van der Waals surface area contributed by atoms with Gasteiger partial charge in [0.2, 0.25) is 16.8 Å². The van der Waals surface area contributed by atoms with E-state index in [-0.39, 0.29) is 24.1 Å². The van der Waals surface area contributed by atoms with Crippen LogP contribution in [0.5, 0.6) is 11.5 Å². The molecule has 37 heavy (non-hydrogen) atoms. The lowest BCUT2D eigenvalue weighted by Crippen LogP contribution is -2.46. The van der Waals surface area contributed by atoms with Crippen molar-refractivity contribution in [3.8, 4) is 22.6 Å². The topological polar surface area (TPSA) is 102 Å². The predicted octanol–water partition coefficient (Wildman–Crippen LogP) is 4.28. The number of fused-ring (bicyclic) bond motifs is 1. The van der Waals surface area contributed by atoms with E-state index in [0.717, 1.165) is 40.7 Å². The maximum absolute atomic E-state index is 13.5. The Morgan fingerprint density at radius 2 is 1.70 bits per heavy atom. The number of carbonyl (C=O) groups is 1. The minimum atomic E-state index is -3.77. The summed E-state index contributed by atoms with van der Waals surface area (Å²) in [6.45, 7) is 5.12. The van der Waals surface area contributed by atoms with E-state index in [1.54, 1.807) is 38.1 Å². The zero-order valence-corrected chi connectivity index (χ0v) is 22.0. The summed E-state index contributed by atoms with van der Waals surface area (Å²) in [5, 5.41) is 9.41. The molecule has 1 heterocycles. The molecule has 1 fully saturated rings. The molecule has 0 saturated heterocycles. The van der Waals surface area contributed by atoms with Crippen LogP contribution in [-0.4, -0.2) is 38.2 Å². The molecular weight excluding hydrogens is 490 g/mol. The minimum Gasteiger partial charge on any atom is -0.454 e. The van der Waals surface area contributed by atoms with Crippen molar-refractivity contribution in [2.24, 2.45) is 0 Å². The zero-order chi connectivity index (χ0) is 26.4. The number of aliphatic hydroxyl groups is 1. The number of aryl methyl sites for hydroxylation is 1. The SMILES string of the molecule is Cc1ccc(CC(=O)C2(c3ccc4c(c3)OCO4)CC2)cc1-c1ccc(S(=O)(=O)NC(C)(C)CO)cc1. The zero-order valence-electron chi connectivity index (χ0n) is 21.2. The summed E-state index contributed by atoms with van der Waals surface area (Å²) < 4.78 is 38.8. The lowest BCUT2D eigenvalue weighted by Gasteiger charge is -2.23. The first-order valence-corrected chi connectivity index (χ1v) is 13.8. The minimum absolute atomic E-state index is 0.126. The molecule has 0 unspecified atom stereocenters. The summed E-state index contributed by atoms with van der Waals surface area (Å²) in [4.78, 5) is 13.6. The van der Waals surface area contributed by atoms with Crippen LogP contribution in [0, 0.1) is 6.92 Å². The van der Waals surface area contributed by atoms with Crippen LogP contribution in [0.15, 0.2) is 65.6 Å². The van der Waals surface area contributed by atoms with E-state index in [1.807, 2.05) is 43.3 Å². The van der Waals surface area contributed by atoms with Crippen molar-refractivity contribution in [2.75, 3.05) is 13.4 Å². The molecule has 5 rings (SSSR count). The largest absolute Gasteiger partial charge is 0.454 e. The summed E-state index contributed by atoms with van der Waals surface area (Å²) in [7, 11) is -3.77. The second-order valence-corrected chi connectivity index (χ2v) is 12.3. The quantitative estimate of drug-likeness (QED) is 0.436. The molecule has 3 aromatic carbocycles. The van der Waals surface area contributed by atoms with Gasteiger partial charge >= 0.3 is 0 Å². The van der Waals surface area contributed by atoms with Gasteiger partial charge in [0.05, 0.1) is 22.5 Å². The van der Waals surface area contributed by atoms with Gasteiger partial charge in [0.25, 0.3) is 0 Å². The molecule has 0 radical (unpaired) electrons. The van der Waals surface area contributed by atoms with Gasteiger partial charge in [-0.3, -0.25) is 4.79 Å². The van der Waals surface area contributed by atoms with Crippen LogP contribution in [0.4, 0.5) is 0 Å². The smallest absolute Gasteiger partial charge is 0.241 e. The standard InChI is InChI=1S/C29H31NO6S/c1-19-4-5-20(15-27(32)29(12-13-29)22-8-11-25-26(16-22)36-18-35-25)14-24(19)21-6-9-23(10-7-21)37(33,34)30-28(2,3)17-31/h4-11,14,16,30-31H,12-13,15,17-18H2,1-3H3. The first-order chi connectivity index (χ1) is 17.5. The molecule has 0 aromatic heterocycles. The van der Waals surface area contributed by atoms with E-state index in [0.29, 0.717) is 17.9 Å². The van der Waals surface area contributed by atoms with E-state index in [4.69, 9.17) is 9.47 Å². The number of hydrogen-bond acceptors (Lipinski definition) is 6. The molecule has 1 aliphatic heterocycles.